The van der Waals surface area contributed by atoms with Crippen molar-refractivity contribution in [3.63, 3.8) is 0 Å². The Morgan fingerprint density at radius 3 is 2.83 bits per heavy atom. The number of hydrogen-bond donors (Lipinski definition) is 1. The fraction of sp³-hybridized carbons (Fsp3) is 0.526. The van der Waals surface area contributed by atoms with Crippen LogP contribution in [0.2, 0.25) is 0 Å². The molecule has 1 fully saturated rings. The first-order valence-corrected chi connectivity index (χ1v) is 8.73. The quantitative estimate of drug-likeness (QED) is 0.942. The second-order valence-electron chi connectivity index (χ2n) is 6.95. The molecule has 2 aliphatic heterocycles. The fourth-order valence-electron chi connectivity index (χ4n) is 3.80. The zero-order chi connectivity index (χ0) is 16.6. The third-order valence-electron chi connectivity index (χ3n) is 5.48. The van der Waals surface area contributed by atoms with E-state index in [-0.39, 0.29) is 5.60 Å². The highest BCUT2D eigenvalue weighted by Gasteiger charge is 2.42. The average molecular weight is 327 g/mol. The van der Waals surface area contributed by atoms with Crippen LogP contribution < -0.4 is 10.1 Å². The summed E-state index contributed by atoms with van der Waals surface area (Å²) in [5.74, 6) is 1.02. The van der Waals surface area contributed by atoms with Gasteiger partial charge in [0.25, 0.3) is 0 Å². The second kappa shape index (κ2) is 6.22. The van der Waals surface area contributed by atoms with Crippen molar-refractivity contribution in [1.82, 2.24) is 15.1 Å². The van der Waals surface area contributed by atoms with Gasteiger partial charge >= 0.3 is 0 Å². The lowest BCUT2D eigenvalue weighted by Gasteiger charge is -2.44. The van der Waals surface area contributed by atoms with Gasteiger partial charge in [0.2, 0.25) is 0 Å². The third-order valence-corrected chi connectivity index (χ3v) is 5.48. The maximum atomic E-state index is 6.43. The van der Waals surface area contributed by atoms with Crippen LogP contribution in [-0.4, -0.2) is 28.6 Å². The minimum Gasteiger partial charge on any atom is -0.487 e. The lowest BCUT2D eigenvalue weighted by molar-refractivity contribution is -0.0647. The molecule has 5 nitrogen and oxygen atoms in total. The summed E-state index contributed by atoms with van der Waals surface area (Å²) in [6.07, 6.45) is 4.88. The third kappa shape index (κ3) is 2.82. The summed E-state index contributed by atoms with van der Waals surface area (Å²) in [4.78, 5) is 0. The van der Waals surface area contributed by atoms with Crippen LogP contribution in [-0.2, 0) is 18.3 Å². The van der Waals surface area contributed by atoms with Crippen molar-refractivity contribution < 1.29 is 9.47 Å². The van der Waals surface area contributed by atoms with Crippen LogP contribution in [0.1, 0.15) is 42.1 Å². The van der Waals surface area contributed by atoms with Gasteiger partial charge in [-0.25, -0.2) is 0 Å². The van der Waals surface area contributed by atoms with Crippen molar-refractivity contribution in [1.29, 1.82) is 0 Å². The molecule has 2 aliphatic rings. The Labute approximate surface area is 143 Å². The Morgan fingerprint density at radius 2 is 2.08 bits per heavy atom. The van der Waals surface area contributed by atoms with Crippen molar-refractivity contribution in [3.05, 3.63) is 47.3 Å². The van der Waals surface area contributed by atoms with Gasteiger partial charge in [-0.15, -0.1) is 0 Å². The van der Waals surface area contributed by atoms with E-state index >= 15 is 0 Å². The van der Waals surface area contributed by atoms with Crippen molar-refractivity contribution in [3.8, 4) is 5.75 Å². The highest BCUT2D eigenvalue weighted by Crippen LogP contribution is 2.43. The number of nitrogens with one attached hydrogen (secondary N) is 1. The van der Waals surface area contributed by atoms with E-state index in [4.69, 9.17) is 9.47 Å². The van der Waals surface area contributed by atoms with E-state index in [9.17, 15) is 0 Å². The molecule has 1 aromatic heterocycles. The Kier molecular flexibility index (Phi) is 4.06. The number of rotatable bonds is 3. The van der Waals surface area contributed by atoms with E-state index in [1.807, 2.05) is 17.9 Å². The van der Waals surface area contributed by atoms with Gasteiger partial charge in [0.15, 0.2) is 0 Å². The largest absolute Gasteiger partial charge is 0.487 e. The lowest BCUT2D eigenvalue weighted by atomic mass is 9.82. The minimum atomic E-state index is -0.0890. The molecule has 0 bridgehead atoms. The molecule has 1 aromatic carbocycles. The molecule has 24 heavy (non-hydrogen) atoms. The number of hydrogen-bond acceptors (Lipinski definition) is 4. The van der Waals surface area contributed by atoms with Gasteiger partial charge < -0.3 is 14.8 Å². The van der Waals surface area contributed by atoms with E-state index in [1.54, 1.807) is 0 Å². The summed E-state index contributed by atoms with van der Waals surface area (Å²) >= 11 is 0. The highest BCUT2D eigenvalue weighted by molar-refractivity contribution is 5.39. The second-order valence-corrected chi connectivity index (χ2v) is 6.95. The number of fused-ring (bicyclic) bond motifs is 1. The first-order chi connectivity index (χ1) is 11.7. The molecule has 5 heteroatoms. The SMILES string of the molecule is Cc1c(CNC2CC3(CCOCC3)Oc3ccccc32)cnn1C. The maximum Gasteiger partial charge on any atom is 0.124 e. The molecule has 0 radical (unpaired) electrons. The van der Waals surface area contributed by atoms with Crippen molar-refractivity contribution in [2.24, 2.45) is 7.05 Å². The molecule has 1 saturated heterocycles. The molecule has 1 spiro atoms. The minimum absolute atomic E-state index is 0.0890. The Morgan fingerprint density at radius 1 is 1.29 bits per heavy atom. The topological polar surface area (TPSA) is 48.3 Å². The predicted molar refractivity (Wildman–Crippen MR) is 92.0 cm³/mol. The van der Waals surface area contributed by atoms with Crippen LogP contribution in [0.25, 0.3) is 0 Å². The van der Waals surface area contributed by atoms with Crippen LogP contribution in [0.4, 0.5) is 0 Å². The number of aromatic nitrogens is 2. The zero-order valence-electron chi connectivity index (χ0n) is 14.4. The normalized spacial score (nSPS) is 22.2. The Hall–Kier alpha value is -1.85. The molecule has 2 aromatic rings. The van der Waals surface area contributed by atoms with E-state index in [0.29, 0.717) is 6.04 Å². The maximum absolute atomic E-state index is 6.43. The van der Waals surface area contributed by atoms with Crippen LogP contribution in [0.15, 0.2) is 30.5 Å². The molecule has 0 saturated carbocycles. The Balaban J connectivity index is 1.57. The molecular weight excluding hydrogens is 302 g/mol. The van der Waals surface area contributed by atoms with Crippen LogP contribution >= 0.6 is 0 Å². The van der Waals surface area contributed by atoms with Crippen LogP contribution in [0, 0.1) is 6.92 Å². The Bertz CT molecular complexity index is 719. The van der Waals surface area contributed by atoms with Crippen LogP contribution in [0.5, 0.6) is 5.75 Å². The molecule has 1 N–H and O–H groups in total. The van der Waals surface area contributed by atoms with Crippen molar-refractivity contribution in [2.45, 2.75) is 44.4 Å². The molecular formula is C19H25N3O2. The lowest BCUT2D eigenvalue weighted by Crippen LogP contribution is -2.47. The highest BCUT2D eigenvalue weighted by atomic mass is 16.5. The average Bonchev–Trinajstić information content (AvgIpc) is 2.92. The standard InChI is InChI=1S/C19H25N3O2/c1-14-15(13-21-22(14)2)12-20-17-11-19(7-9-23-10-8-19)24-18-6-4-3-5-16(17)18/h3-6,13,17,20H,7-12H2,1-2H3. The smallest absolute Gasteiger partial charge is 0.124 e. The van der Waals surface area contributed by atoms with E-state index < -0.39 is 0 Å². The summed E-state index contributed by atoms with van der Waals surface area (Å²) in [5, 5.41) is 8.09. The molecule has 1 unspecified atom stereocenters. The van der Waals surface area contributed by atoms with Gasteiger partial charge in [0.1, 0.15) is 11.4 Å². The van der Waals surface area contributed by atoms with Gasteiger partial charge in [-0.1, -0.05) is 18.2 Å². The molecule has 4 rings (SSSR count). The van der Waals surface area contributed by atoms with Gasteiger partial charge in [-0.05, 0) is 13.0 Å². The van der Waals surface area contributed by atoms with E-state index in [2.05, 4.69) is 41.6 Å². The molecule has 0 amide bonds. The molecule has 1 atom stereocenters. The first kappa shape index (κ1) is 15.7. The summed E-state index contributed by atoms with van der Waals surface area (Å²) in [6, 6.07) is 8.71. The summed E-state index contributed by atoms with van der Waals surface area (Å²) in [5.41, 5.74) is 3.64. The van der Waals surface area contributed by atoms with Gasteiger partial charge in [0.05, 0.1) is 19.4 Å². The van der Waals surface area contributed by atoms with Gasteiger partial charge in [-0.3, -0.25) is 4.68 Å². The number of para-hydroxylation sites is 1. The zero-order valence-corrected chi connectivity index (χ0v) is 14.4. The molecule has 0 aliphatic carbocycles. The number of aryl methyl sites for hydroxylation is 1. The van der Waals surface area contributed by atoms with E-state index in [0.717, 1.165) is 44.8 Å². The first-order valence-electron chi connectivity index (χ1n) is 8.73. The number of benzene rings is 1. The molecule has 3 heterocycles. The summed E-state index contributed by atoms with van der Waals surface area (Å²) < 4.78 is 13.9. The van der Waals surface area contributed by atoms with Gasteiger partial charge in [0, 0.05) is 55.7 Å². The van der Waals surface area contributed by atoms with Crippen molar-refractivity contribution >= 4 is 0 Å². The number of ether oxygens (including phenoxy) is 2. The van der Waals surface area contributed by atoms with E-state index in [1.165, 1.54) is 16.8 Å². The van der Waals surface area contributed by atoms with Crippen LogP contribution in [0.3, 0.4) is 0 Å². The van der Waals surface area contributed by atoms with Crippen molar-refractivity contribution in [2.75, 3.05) is 13.2 Å². The summed E-state index contributed by atoms with van der Waals surface area (Å²) in [6.45, 7) is 4.51. The fourth-order valence-corrected chi connectivity index (χ4v) is 3.80. The summed E-state index contributed by atoms with van der Waals surface area (Å²) in [7, 11) is 1.99. The monoisotopic (exact) mass is 327 g/mol. The predicted octanol–water partition coefficient (Wildman–Crippen LogP) is 2.89. The number of nitrogens with zero attached hydrogens (tertiary/aromatic N) is 2. The molecule has 128 valence electrons. The van der Waals surface area contributed by atoms with Gasteiger partial charge in [-0.2, -0.15) is 5.10 Å².